The van der Waals surface area contributed by atoms with Crippen molar-refractivity contribution in [3.05, 3.63) is 78.0 Å². The zero-order chi connectivity index (χ0) is 19.8. The summed E-state index contributed by atoms with van der Waals surface area (Å²) in [6.07, 6.45) is 6.21. The molecule has 28 heavy (non-hydrogen) atoms. The summed E-state index contributed by atoms with van der Waals surface area (Å²) in [5, 5.41) is 9.59. The highest BCUT2D eigenvalue weighted by Gasteiger charge is 2.23. The van der Waals surface area contributed by atoms with E-state index in [0.717, 1.165) is 24.1 Å². The molecule has 3 N–H and O–H groups in total. The largest absolute Gasteiger partial charge is 0.481 e. The van der Waals surface area contributed by atoms with Gasteiger partial charge in [-0.2, -0.15) is 0 Å². The summed E-state index contributed by atoms with van der Waals surface area (Å²) in [5.41, 5.74) is 8.07. The number of aromatic nitrogens is 3. The van der Waals surface area contributed by atoms with Crippen LogP contribution in [0.25, 0.3) is 0 Å². The van der Waals surface area contributed by atoms with Gasteiger partial charge < -0.3 is 20.1 Å². The SMILES string of the molecule is Nc1ccc(CC(C(=O)O)c2cn(CCCOCc3ccccc3)cn2)cn1. The molecule has 0 spiro atoms. The molecule has 0 bridgehead atoms. The van der Waals surface area contributed by atoms with Crippen LogP contribution in [0.15, 0.2) is 61.2 Å². The normalized spacial score (nSPS) is 12.0. The van der Waals surface area contributed by atoms with E-state index in [-0.39, 0.29) is 0 Å². The van der Waals surface area contributed by atoms with Gasteiger partial charge in [0.25, 0.3) is 0 Å². The fourth-order valence-electron chi connectivity index (χ4n) is 2.90. The number of rotatable bonds is 10. The average Bonchev–Trinajstić information content (AvgIpc) is 3.16. The zero-order valence-corrected chi connectivity index (χ0v) is 15.6. The third kappa shape index (κ3) is 5.65. The summed E-state index contributed by atoms with van der Waals surface area (Å²) < 4.78 is 7.58. The number of pyridine rings is 1. The van der Waals surface area contributed by atoms with Crippen molar-refractivity contribution in [2.75, 3.05) is 12.3 Å². The summed E-state index contributed by atoms with van der Waals surface area (Å²) in [5.74, 6) is -1.22. The van der Waals surface area contributed by atoms with Gasteiger partial charge >= 0.3 is 5.97 Å². The molecular formula is C21H24N4O3. The molecular weight excluding hydrogens is 356 g/mol. The third-order valence-electron chi connectivity index (χ3n) is 4.41. The first kappa shape index (κ1) is 19.6. The third-order valence-corrected chi connectivity index (χ3v) is 4.41. The van der Waals surface area contributed by atoms with Gasteiger partial charge in [-0.3, -0.25) is 4.79 Å². The number of hydrogen-bond acceptors (Lipinski definition) is 5. The van der Waals surface area contributed by atoms with Gasteiger partial charge in [-0.15, -0.1) is 0 Å². The maximum Gasteiger partial charge on any atom is 0.312 e. The Morgan fingerprint density at radius 1 is 1.14 bits per heavy atom. The Kier molecular flexibility index (Phi) is 6.75. The van der Waals surface area contributed by atoms with Crippen LogP contribution in [0.4, 0.5) is 5.82 Å². The maximum absolute atomic E-state index is 11.7. The molecule has 0 aliphatic rings. The van der Waals surface area contributed by atoms with Gasteiger partial charge in [-0.05, 0) is 30.0 Å². The standard InChI is InChI=1S/C21H24N4O3/c22-20-8-7-17(12-23-20)11-18(21(26)27)19-13-25(15-24-19)9-4-10-28-14-16-5-2-1-3-6-16/h1-3,5-8,12-13,15,18H,4,9-11,14H2,(H2,22,23)(H,26,27). The van der Waals surface area contributed by atoms with Crippen LogP contribution < -0.4 is 5.73 Å². The number of ether oxygens (including phenoxy) is 1. The monoisotopic (exact) mass is 380 g/mol. The molecule has 2 heterocycles. The van der Waals surface area contributed by atoms with Crippen molar-refractivity contribution < 1.29 is 14.6 Å². The molecule has 0 aliphatic heterocycles. The fourth-order valence-corrected chi connectivity index (χ4v) is 2.90. The van der Waals surface area contributed by atoms with Crippen molar-refractivity contribution >= 4 is 11.8 Å². The van der Waals surface area contributed by atoms with E-state index in [4.69, 9.17) is 10.5 Å². The lowest BCUT2D eigenvalue weighted by molar-refractivity contribution is -0.138. The van der Waals surface area contributed by atoms with E-state index < -0.39 is 11.9 Å². The molecule has 0 saturated heterocycles. The first-order valence-electron chi connectivity index (χ1n) is 9.18. The average molecular weight is 380 g/mol. The summed E-state index contributed by atoms with van der Waals surface area (Å²) in [6.45, 7) is 1.94. The number of nitrogen functional groups attached to an aromatic ring is 1. The molecule has 7 heteroatoms. The fraction of sp³-hybridized carbons (Fsp3) is 0.286. The Balaban J connectivity index is 1.49. The Hall–Kier alpha value is -3.19. The number of carbonyl (C=O) groups is 1. The zero-order valence-electron chi connectivity index (χ0n) is 15.6. The van der Waals surface area contributed by atoms with Crippen LogP contribution in [-0.4, -0.2) is 32.2 Å². The second kappa shape index (κ2) is 9.66. The topological polar surface area (TPSA) is 103 Å². The molecule has 3 aromatic rings. The predicted molar refractivity (Wildman–Crippen MR) is 106 cm³/mol. The van der Waals surface area contributed by atoms with E-state index in [2.05, 4.69) is 9.97 Å². The number of aryl methyl sites for hydroxylation is 1. The van der Waals surface area contributed by atoms with Crippen molar-refractivity contribution in [1.82, 2.24) is 14.5 Å². The van der Waals surface area contributed by atoms with Crippen LogP contribution in [0.3, 0.4) is 0 Å². The lowest BCUT2D eigenvalue weighted by Gasteiger charge is -2.10. The second-order valence-corrected chi connectivity index (χ2v) is 6.61. The lowest BCUT2D eigenvalue weighted by atomic mass is 9.98. The first-order chi connectivity index (χ1) is 13.6. The van der Waals surface area contributed by atoms with Gasteiger partial charge in [-0.25, -0.2) is 9.97 Å². The van der Waals surface area contributed by atoms with Crippen molar-refractivity contribution in [2.45, 2.75) is 31.9 Å². The van der Waals surface area contributed by atoms with Gasteiger partial charge in [0.05, 0.1) is 18.6 Å². The molecule has 146 valence electrons. The number of carboxylic acids is 1. The first-order valence-corrected chi connectivity index (χ1v) is 9.18. The lowest BCUT2D eigenvalue weighted by Crippen LogP contribution is -2.15. The van der Waals surface area contributed by atoms with Crippen LogP contribution in [-0.2, 0) is 29.1 Å². The van der Waals surface area contributed by atoms with Crippen molar-refractivity contribution in [2.24, 2.45) is 0 Å². The number of hydrogen-bond donors (Lipinski definition) is 2. The number of aliphatic carboxylic acids is 1. The Bertz CT molecular complexity index is 878. The highest BCUT2D eigenvalue weighted by molar-refractivity contribution is 5.75. The Morgan fingerprint density at radius 3 is 2.68 bits per heavy atom. The van der Waals surface area contributed by atoms with Gasteiger partial charge in [0.2, 0.25) is 0 Å². The molecule has 2 aromatic heterocycles. The van der Waals surface area contributed by atoms with Gasteiger partial charge in [0.15, 0.2) is 0 Å². The molecule has 0 fully saturated rings. The van der Waals surface area contributed by atoms with Crippen LogP contribution in [0.2, 0.25) is 0 Å². The minimum absolute atomic E-state index is 0.319. The van der Waals surface area contributed by atoms with Gasteiger partial charge in [0, 0.05) is 25.5 Å². The van der Waals surface area contributed by atoms with Crippen LogP contribution in [0.1, 0.15) is 29.2 Å². The van der Waals surface area contributed by atoms with Gasteiger partial charge in [0.1, 0.15) is 11.7 Å². The maximum atomic E-state index is 11.7. The summed E-state index contributed by atoms with van der Waals surface area (Å²) in [7, 11) is 0. The van der Waals surface area contributed by atoms with E-state index >= 15 is 0 Å². The number of nitrogens with two attached hydrogens (primary N) is 1. The molecule has 1 unspecified atom stereocenters. The Labute approximate surface area is 163 Å². The van der Waals surface area contributed by atoms with E-state index in [1.54, 1.807) is 30.9 Å². The summed E-state index contributed by atoms with van der Waals surface area (Å²) in [6, 6.07) is 13.5. The quantitative estimate of drug-likeness (QED) is 0.524. The molecule has 0 amide bonds. The smallest absolute Gasteiger partial charge is 0.312 e. The molecule has 1 atom stereocenters. The van der Waals surface area contributed by atoms with Crippen LogP contribution in [0, 0.1) is 0 Å². The van der Waals surface area contributed by atoms with Crippen molar-refractivity contribution in [3.8, 4) is 0 Å². The van der Waals surface area contributed by atoms with Crippen LogP contribution in [0.5, 0.6) is 0 Å². The highest BCUT2D eigenvalue weighted by Crippen LogP contribution is 2.20. The van der Waals surface area contributed by atoms with E-state index in [1.807, 2.05) is 34.9 Å². The molecule has 0 radical (unpaired) electrons. The highest BCUT2D eigenvalue weighted by atomic mass is 16.5. The summed E-state index contributed by atoms with van der Waals surface area (Å²) >= 11 is 0. The minimum Gasteiger partial charge on any atom is -0.481 e. The Morgan fingerprint density at radius 2 is 1.96 bits per heavy atom. The van der Waals surface area contributed by atoms with Crippen LogP contribution >= 0.6 is 0 Å². The van der Waals surface area contributed by atoms with Crippen molar-refractivity contribution in [1.29, 1.82) is 0 Å². The minimum atomic E-state index is -0.909. The molecule has 1 aromatic carbocycles. The molecule has 0 saturated carbocycles. The number of nitrogens with zero attached hydrogens (tertiary/aromatic N) is 3. The molecule has 3 rings (SSSR count). The number of anilines is 1. The molecule has 7 nitrogen and oxygen atoms in total. The van der Waals surface area contributed by atoms with E-state index in [9.17, 15) is 9.90 Å². The predicted octanol–water partition coefficient (Wildman–Crippen LogP) is 2.88. The van der Waals surface area contributed by atoms with E-state index in [1.165, 1.54) is 0 Å². The number of benzene rings is 1. The van der Waals surface area contributed by atoms with E-state index in [0.29, 0.717) is 31.1 Å². The second-order valence-electron chi connectivity index (χ2n) is 6.61. The van der Waals surface area contributed by atoms with Gasteiger partial charge in [-0.1, -0.05) is 36.4 Å². The number of carboxylic acid groups (broad SMARTS) is 1. The summed E-state index contributed by atoms with van der Waals surface area (Å²) in [4.78, 5) is 20.0. The number of imidazole rings is 1. The van der Waals surface area contributed by atoms with Crippen molar-refractivity contribution in [3.63, 3.8) is 0 Å². The molecule has 0 aliphatic carbocycles.